The SMILES string of the molecule is O=C(Nc1cccc2ccccc12)c1cccnc1Cl. The van der Waals surface area contributed by atoms with E-state index in [9.17, 15) is 4.79 Å². The second-order valence-corrected chi connectivity index (χ2v) is 4.68. The maximum atomic E-state index is 12.2. The number of carbonyl (C=O) groups is 1. The van der Waals surface area contributed by atoms with E-state index in [-0.39, 0.29) is 11.1 Å². The van der Waals surface area contributed by atoms with E-state index in [4.69, 9.17) is 11.6 Å². The van der Waals surface area contributed by atoms with Gasteiger partial charge in [0.25, 0.3) is 5.91 Å². The number of fused-ring (bicyclic) bond motifs is 1. The summed E-state index contributed by atoms with van der Waals surface area (Å²) in [6.45, 7) is 0. The van der Waals surface area contributed by atoms with Gasteiger partial charge in [-0.15, -0.1) is 0 Å². The zero-order chi connectivity index (χ0) is 13.9. The van der Waals surface area contributed by atoms with Crippen molar-refractivity contribution in [2.75, 3.05) is 5.32 Å². The highest BCUT2D eigenvalue weighted by atomic mass is 35.5. The molecular weight excluding hydrogens is 272 g/mol. The van der Waals surface area contributed by atoms with E-state index in [0.29, 0.717) is 5.56 Å². The Kier molecular flexibility index (Phi) is 3.35. The molecule has 98 valence electrons. The van der Waals surface area contributed by atoms with Crippen molar-refractivity contribution in [2.45, 2.75) is 0 Å². The van der Waals surface area contributed by atoms with Crippen LogP contribution < -0.4 is 5.32 Å². The first kappa shape index (κ1) is 12.6. The minimum atomic E-state index is -0.264. The number of halogens is 1. The molecule has 1 N–H and O–H groups in total. The molecule has 0 aliphatic heterocycles. The Morgan fingerprint density at radius 3 is 2.65 bits per heavy atom. The average molecular weight is 283 g/mol. The molecule has 3 nitrogen and oxygen atoms in total. The van der Waals surface area contributed by atoms with Crippen LogP contribution in [0.1, 0.15) is 10.4 Å². The van der Waals surface area contributed by atoms with Crippen LogP contribution in [-0.4, -0.2) is 10.9 Å². The predicted molar refractivity (Wildman–Crippen MR) is 81.1 cm³/mol. The van der Waals surface area contributed by atoms with E-state index in [1.165, 1.54) is 0 Å². The highest BCUT2D eigenvalue weighted by molar-refractivity contribution is 6.33. The summed E-state index contributed by atoms with van der Waals surface area (Å²) in [6.07, 6.45) is 1.55. The number of rotatable bonds is 2. The molecule has 2 aromatic carbocycles. The molecule has 0 saturated carbocycles. The molecule has 1 heterocycles. The van der Waals surface area contributed by atoms with Gasteiger partial charge in [0.2, 0.25) is 0 Å². The summed E-state index contributed by atoms with van der Waals surface area (Å²) >= 11 is 5.93. The number of hydrogen-bond donors (Lipinski definition) is 1. The van der Waals surface area contributed by atoms with E-state index in [1.807, 2.05) is 42.5 Å². The van der Waals surface area contributed by atoms with Crippen molar-refractivity contribution in [3.63, 3.8) is 0 Å². The number of hydrogen-bond acceptors (Lipinski definition) is 2. The number of anilines is 1. The maximum absolute atomic E-state index is 12.2. The molecule has 0 saturated heterocycles. The number of benzene rings is 2. The molecular formula is C16H11ClN2O. The van der Waals surface area contributed by atoms with Crippen molar-refractivity contribution in [2.24, 2.45) is 0 Å². The van der Waals surface area contributed by atoms with E-state index in [0.717, 1.165) is 16.5 Å². The molecule has 0 unspecified atom stereocenters. The van der Waals surface area contributed by atoms with Gasteiger partial charge in [-0.3, -0.25) is 4.79 Å². The number of pyridine rings is 1. The first-order valence-corrected chi connectivity index (χ1v) is 6.53. The lowest BCUT2D eigenvalue weighted by Crippen LogP contribution is -2.13. The van der Waals surface area contributed by atoms with Crippen molar-refractivity contribution >= 4 is 34.0 Å². The Bertz CT molecular complexity index is 781. The summed E-state index contributed by atoms with van der Waals surface area (Å²) in [5.74, 6) is -0.264. The minimum absolute atomic E-state index is 0.199. The smallest absolute Gasteiger partial charge is 0.258 e. The van der Waals surface area contributed by atoms with Crippen LogP contribution in [0, 0.1) is 0 Å². The predicted octanol–water partition coefficient (Wildman–Crippen LogP) is 4.14. The topological polar surface area (TPSA) is 42.0 Å². The molecule has 1 amide bonds. The standard InChI is InChI=1S/C16H11ClN2O/c17-15-13(8-4-10-18-15)16(20)19-14-9-3-6-11-5-1-2-7-12(11)14/h1-10H,(H,19,20). The zero-order valence-corrected chi connectivity index (χ0v) is 11.3. The normalized spacial score (nSPS) is 10.4. The van der Waals surface area contributed by atoms with Gasteiger partial charge < -0.3 is 5.32 Å². The summed E-state index contributed by atoms with van der Waals surface area (Å²) < 4.78 is 0. The van der Waals surface area contributed by atoms with Crippen molar-refractivity contribution in [3.05, 3.63) is 71.5 Å². The molecule has 0 fully saturated rings. The Balaban J connectivity index is 1.98. The molecule has 0 radical (unpaired) electrons. The van der Waals surface area contributed by atoms with Crippen molar-refractivity contribution in [1.29, 1.82) is 0 Å². The van der Waals surface area contributed by atoms with E-state index in [1.54, 1.807) is 18.3 Å². The summed E-state index contributed by atoms with van der Waals surface area (Å²) in [4.78, 5) is 16.2. The maximum Gasteiger partial charge on any atom is 0.258 e. The highest BCUT2D eigenvalue weighted by Crippen LogP contribution is 2.24. The van der Waals surface area contributed by atoms with Crippen LogP contribution in [0.2, 0.25) is 5.15 Å². The highest BCUT2D eigenvalue weighted by Gasteiger charge is 2.11. The van der Waals surface area contributed by atoms with E-state index >= 15 is 0 Å². The lowest BCUT2D eigenvalue weighted by atomic mass is 10.1. The summed E-state index contributed by atoms with van der Waals surface area (Å²) in [5.41, 5.74) is 1.12. The second kappa shape index (κ2) is 5.31. The molecule has 0 aliphatic carbocycles. The molecule has 20 heavy (non-hydrogen) atoms. The third-order valence-corrected chi connectivity index (χ3v) is 3.34. The lowest BCUT2D eigenvalue weighted by molar-refractivity contribution is 0.102. The number of nitrogens with zero attached hydrogens (tertiary/aromatic N) is 1. The van der Waals surface area contributed by atoms with Crippen LogP contribution in [0.25, 0.3) is 10.8 Å². The van der Waals surface area contributed by atoms with Crippen LogP contribution in [0.15, 0.2) is 60.8 Å². The van der Waals surface area contributed by atoms with Gasteiger partial charge in [-0.25, -0.2) is 4.98 Å². The van der Waals surface area contributed by atoms with Crippen LogP contribution in [0.3, 0.4) is 0 Å². The van der Waals surface area contributed by atoms with Crippen LogP contribution >= 0.6 is 11.6 Å². The van der Waals surface area contributed by atoms with Gasteiger partial charge in [0, 0.05) is 17.3 Å². The Labute approximate surface area is 121 Å². The fourth-order valence-corrected chi connectivity index (χ4v) is 2.28. The fraction of sp³-hybridized carbons (Fsp3) is 0. The van der Waals surface area contributed by atoms with Gasteiger partial charge in [-0.2, -0.15) is 0 Å². The second-order valence-electron chi connectivity index (χ2n) is 4.32. The third kappa shape index (κ3) is 2.36. The van der Waals surface area contributed by atoms with Gasteiger partial charge in [0.15, 0.2) is 0 Å². The van der Waals surface area contributed by atoms with Gasteiger partial charge in [-0.1, -0.05) is 48.0 Å². The van der Waals surface area contributed by atoms with Crippen LogP contribution in [-0.2, 0) is 0 Å². The minimum Gasteiger partial charge on any atom is -0.321 e. The Hall–Kier alpha value is -2.39. The molecule has 0 bridgehead atoms. The van der Waals surface area contributed by atoms with Crippen LogP contribution in [0.4, 0.5) is 5.69 Å². The summed E-state index contributed by atoms with van der Waals surface area (Å²) in [5, 5.41) is 5.14. The van der Waals surface area contributed by atoms with E-state index < -0.39 is 0 Å². The molecule has 3 rings (SSSR count). The molecule has 0 atom stereocenters. The number of nitrogens with one attached hydrogen (secondary N) is 1. The van der Waals surface area contributed by atoms with Crippen LogP contribution in [0.5, 0.6) is 0 Å². The quantitative estimate of drug-likeness (QED) is 0.718. The summed E-state index contributed by atoms with van der Waals surface area (Å²) in [7, 11) is 0. The molecule has 0 spiro atoms. The monoisotopic (exact) mass is 282 g/mol. The molecule has 4 heteroatoms. The van der Waals surface area contributed by atoms with Crippen molar-refractivity contribution in [3.8, 4) is 0 Å². The average Bonchev–Trinajstić information content (AvgIpc) is 2.48. The number of carbonyl (C=O) groups excluding carboxylic acids is 1. The first-order chi connectivity index (χ1) is 9.75. The number of amides is 1. The Morgan fingerprint density at radius 1 is 1.00 bits per heavy atom. The molecule has 0 aliphatic rings. The van der Waals surface area contributed by atoms with Crippen molar-refractivity contribution in [1.82, 2.24) is 4.98 Å². The van der Waals surface area contributed by atoms with Crippen molar-refractivity contribution < 1.29 is 4.79 Å². The zero-order valence-electron chi connectivity index (χ0n) is 10.5. The number of aromatic nitrogens is 1. The Morgan fingerprint density at radius 2 is 1.80 bits per heavy atom. The van der Waals surface area contributed by atoms with E-state index in [2.05, 4.69) is 10.3 Å². The third-order valence-electron chi connectivity index (χ3n) is 3.04. The fourth-order valence-electron chi connectivity index (χ4n) is 2.08. The molecule has 3 aromatic rings. The lowest BCUT2D eigenvalue weighted by Gasteiger charge is -2.09. The summed E-state index contributed by atoms with van der Waals surface area (Å²) in [6, 6.07) is 17.0. The largest absolute Gasteiger partial charge is 0.321 e. The first-order valence-electron chi connectivity index (χ1n) is 6.15. The van der Waals surface area contributed by atoms with Gasteiger partial charge in [-0.05, 0) is 23.6 Å². The molecule has 1 aromatic heterocycles. The van der Waals surface area contributed by atoms with Gasteiger partial charge in [0.05, 0.1) is 5.56 Å². The van der Waals surface area contributed by atoms with Gasteiger partial charge >= 0.3 is 0 Å². The van der Waals surface area contributed by atoms with Gasteiger partial charge in [0.1, 0.15) is 5.15 Å².